The SMILES string of the molecule is C[N+](C)(C)C.O=C([O-])c1ccc(Sc2ccc(C(=O)O)cc2)cc1. The normalized spacial score (nSPS) is 10.5. The third kappa shape index (κ3) is 7.80. The number of carbonyl (C=O) groups is 2. The van der Waals surface area contributed by atoms with E-state index in [4.69, 9.17) is 5.11 Å². The Hall–Kier alpha value is -2.31. The molecule has 0 spiro atoms. The van der Waals surface area contributed by atoms with Gasteiger partial charge in [-0.1, -0.05) is 23.9 Å². The van der Waals surface area contributed by atoms with Crippen molar-refractivity contribution in [2.45, 2.75) is 9.79 Å². The molecule has 0 aromatic heterocycles. The maximum Gasteiger partial charge on any atom is 0.335 e. The van der Waals surface area contributed by atoms with E-state index in [9.17, 15) is 14.7 Å². The van der Waals surface area contributed by atoms with Crippen molar-refractivity contribution in [3.05, 3.63) is 59.7 Å². The van der Waals surface area contributed by atoms with Gasteiger partial charge in [0.1, 0.15) is 0 Å². The van der Waals surface area contributed by atoms with Gasteiger partial charge in [-0.05, 0) is 42.0 Å². The van der Waals surface area contributed by atoms with E-state index in [-0.39, 0.29) is 11.1 Å². The number of aromatic carboxylic acids is 2. The lowest BCUT2D eigenvalue weighted by atomic mass is 10.2. The molecular formula is C18H21NO4S. The average Bonchev–Trinajstić information content (AvgIpc) is 2.46. The second-order valence-electron chi connectivity index (χ2n) is 6.43. The maximum atomic E-state index is 10.7. The molecule has 2 aromatic carbocycles. The van der Waals surface area contributed by atoms with Crippen molar-refractivity contribution in [1.82, 2.24) is 0 Å². The predicted molar refractivity (Wildman–Crippen MR) is 92.3 cm³/mol. The van der Waals surface area contributed by atoms with E-state index >= 15 is 0 Å². The zero-order valence-electron chi connectivity index (χ0n) is 14.1. The first-order valence-corrected chi connectivity index (χ1v) is 7.99. The van der Waals surface area contributed by atoms with Gasteiger partial charge in [0.2, 0.25) is 0 Å². The Bertz CT molecular complexity index is 627. The van der Waals surface area contributed by atoms with Crippen LogP contribution in [0.15, 0.2) is 58.3 Å². The summed E-state index contributed by atoms with van der Waals surface area (Å²) in [5, 5.41) is 19.4. The van der Waals surface area contributed by atoms with Gasteiger partial charge in [-0.25, -0.2) is 4.79 Å². The third-order valence-electron chi connectivity index (χ3n) is 2.43. The number of carboxylic acids is 2. The fraction of sp³-hybridized carbons (Fsp3) is 0.222. The number of quaternary nitrogens is 1. The lowest BCUT2D eigenvalue weighted by Gasteiger charge is -2.14. The van der Waals surface area contributed by atoms with Crippen LogP contribution in [0.2, 0.25) is 0 Å². The number of benzene rings is 2. The molecule has 0 amide bonds. The maximum absolute atomic E-state index is 10.7. The van der Waals surface area contributed by atoms with Crippen LogP contribution >= 0.6 is 11.8 Å². The van der Waals surface area contributed by atoms with Crippen molar-refractivity contribution in [2.24, 2.45) is 0 Å². The first kappa shape index (κ1) is 19.7. The zero-order valence-corrected chi connectivity index (χ0v) is 15.0. The highest BCUT2D eigenvalue weighted by molar-refractivity contribution is 7.99. The molecule has 0 bridgehead atoms. The van der Waals surface area contributed by atoms with Crippen LogP contribution in [0.4, 0.5) is 0 Å². The van der Waals surface area contributed by atoms with Gasteiger partial charge in [-0.3, -0.25) is 0 Å². The summed E-state index contributed by atoms with van der Waals surface area (Å²) < 4.78 is 1.00. The van der Waals surface area contributed by atoms with Crippen molar-refractivity contribution in [3.63, 3.8) is 0 Å². The largest absolute Gasteiger partial charge is 0.545 e. The minimum absolute atomic E-state index is 0.130. The molecule has 0 heterocycles. The molecule has 0 aliphatic carbocycles. The average molecular weight is 347 g/mol. The Kier molecular flexibility index (Phi) is 7.00. The Morgan fingerprint density at radius 2 is 1.17 bits per heavy atom. The van der Waals surface area contributed by atoms with Crippen LogP contribution < -0.4 is 5.11 Å². The number of rotatable bonds is 4. The van der Waals surface area contributed by atoms with E-state index < -0.39 is 11.9 Å². The molecule has 0 aliphatic rings. The number of hydrogen-bond acceptors (Lipinski definition) is 4. The molecule has 24 heavy (non-hydrogen) atoms. The van der Waals surface area contributed by atoms with Gasteiger partial charge in [0.05, 0.1) is 39.7 Å². The highest BCUT2D eigenvalue weighted by Gasteiger charge is 2.03. The summed E-state index contributed by atoms with van der Waals surface area (Å²) in [7, 11) is 8.50. The Labute approximate surface area is 146 Å². The van der Waals surface area contributed by atoms with Crippen molar-refractivity contribution in [3.8, 4) is 0 Å². The lowest BCUT2D eigenvalue weighted by Crippen LogP contribution is -2.27. The van der Waals surface area contributed by atoms with E-state index in [2.05, 4.69) is 28.2 Å². The molecule has 0 saturated carbocycles. The van der Waals surface area contributed by atoms with Crippen LogP contribution in [0.1, 0.15) is 20.7 Å². The van der Waals surface area contributed by atoms with Gasteiger partial charge in [-0.2, -0.15) is 0 Å². The topological polar surface area (TPSA) is 77.4 Å². The Morgan fingerprint density at radius 3 is 1.46 bits per heavy atom. The van der Waals surface area contributed by atoms with E-state index in [0.29, 0.717) is 0 Å². The molecule has 0 unspecified atom stereocenters. The van der Waals surface area contributed by atoms with Gasteiger partial charge in [0.15, 0.2) is 0 Å². The number of hydrogen-bond donors (Lipinski definition) is 1. The van der Waals surface area contributed by atoms with Gasteiger partial charge in [0.25, 0.3) is 0 Å². The third-order valence-corrected chi connectivity index (χ3v) is 3.44. The summed E-state index contributed by atoms with van der Waals surface area (Å²) >= 11 is 1.42. The van der Waals surface area contributed by atoms with Crippen LogP contribution in [0.5, 0.6) is 0 Å². The molecule has 0 saturated heterocycles. The molecule has 0 atom stereocenters. The minimum atomic E-state index is -1.21. The van der Waals surface area contributed by atoms with E-state index in [1.807, 2.05) is 0 Å². The molecular weight excluding hydrogens is 326 g/mol. The Balaban J connectivity index is 0.000000505. The fourth-order valence-electron chi connectivity index (χ4n) is 1.46. The fourth-order valence-corrected chi connectivity index (χ4v) is 2.28. The molecule has 0 aliphatic heterocycles. The molecule has 2 rings (SSSR count). The molecule has 6 heteroatoms. The first-order valence-electron chi connectivity index (χ1n) is 7.18. The number of carbonyl (C=O) groups excluding carboxylic acids is 1. The molecule has 128 valence electrons. The van der Waals surface area contributed by atoms with Crippen molar-refractivity contribution < 1.29 is 24.3 Å². The second kappa shape index (κ2) is 8.52. The Morgan fingerprint density at radius 1 is 0.833 bits per heavy atom. The molecule has 5 nitrogen and oxygen atoms in total. The molecule has 0 fully saturated rings. The van der Waals surface area contributed by atoms with Crippen LogP contribution in [-0.4, -0.2) is 49.7 Å². The van der Waals surface area contributed by atoms with Gasteiger partial charge in [0, 0.05) is 9.79 Å². The summed E-state index contributed by atoms with van der Waals surface area (Å²) in [4.78, 5) is 23.1. The standard InChI is InChI=1S/C14H10O4S.C4H12N/c15-13(16)9-1-5-11(6-2-9)19-12-7-3-10(4-8-12)14(17)18;1-5(2,3)4/h1-8H,(H,15,16)(H,17,18);1-4H3/q;+1/p-1. The van der Waals surface area contributed by atoms with Crippen LogP contribution in [-0.2, 0) is 0 Å². The number of nitrogens with zero attached hydrogens (tertiary/aromatic N) is 1. The lowest BCUT2D eigenvalue weighted by molar-refractivity contribution is -0.849. The summed E-state index contributed by atoms with van der Waals surface area (Å²) in [6.45, 7) is 0. The van der Waals surface area contributed by atoms with Crippen molar-refractivity contribution in [1.29, 1.82) is 0 Å². The van der Waals surface area contributed by atoms with E-state index in [1.54, 1.807) is 24.3 Å². The van der Waals surface area contributed by atoms with Crippen LogP contribution in [0.25, 0.3) is 0 Å². The summed E-state index contributed by atoms with van der Waals surface area (Å²) in [6.07, 6.45) is 0. The smallest absolute Gasteiger partial charge is 0.335 e. The molecule has 1 N–H and O–H groups in total. The van der Waals surface area contributed by atoms with Crippen molar-refractivity contribution >= 4 is 23.7 Å². The van der Waals surface area contributed by atoms with Crippen LogP contribution in [0, 0.1) is 0 Å². The molecule has 0 radical (unpaired) electrons. The van der Waals surface area contributed by atoms with Gasteiger partial charge in [-0.15, -0.1) is 0 Å². The summed E-state index contributed by atoms with van der Waals surface area (Å²) in [6, 6.07) is 12.8. The number of carboxylic acid groups (broad SMARTS) is 2. The quantitative estimate of drug-likeness (QED) is 0.858. The second-order valence-corrected chi connectivity index (χ2v) is 7.57. The monoisotopic (exact) mass is 347 g/mol. The van der Waals surface area contributed by atoms with Gasteiger partial charge < -0.3 is 19.5 Å². The zero-order chi connectivity index (χ0) is 18.3. The summed E-state index contributed by atoms with van der Waals surface area (Å²) in [5.41, 5.74) is 0.363. The minimum Gasteiger partial charge on any atom is -0.545 e. The first-order chi connectivity index (χ1) is 11.1. The van der Waals surface area contributed by atoms with E-state index in [1.165, 1.54) is 36.0 Å². The highest BCUT2D eigenvalue weighted by atomic mass is 32.2. The predicted octanol–water partition coefficient (Wildman–Crippen LogP) is 2.22. The van der Waals surface area contributed by atoms with Gasteiger partial charge >= 0.3 is 5.97 Å². The highest BCUT2D eigenvalue weighted by Crippen LogP contribution is 2.27. The van der Waals surface area contributed by atoms with Crippen LogP contribution in [0.3, 0.4) is 0 Å². The van der Waals surface area contributed by atoms with E-state index in [0.717, 1.165) is 14.3 Å². The molecule has 2 aromatic rings. The van der Waals surface area contributed by atoms with Crippen molar-refractivity contribution in [2.75, 3.05) is 28.2 Å². The summed E-state index contributed by atoms with van der Waals surface area (Å²) in [5.74, 6) is -2.17.